The van der Waals surface area contributed by atoms with E-state index in [1.54, 1.807) is 48.7 Å². The lowest BCUT2D eigenvalue weighted by Gasteiger charge is -2.07. The number of carbonyl (C=O) groups excluding carboxylic acids is 1. The van der Waals surface area contributed by atoms with Crippen LogP contribution in [0.3, 0.4) is 0 Å². The smallest absolute Gasteiger partial charge is 0.264 e. The van der Waals surface area contributed by atoms with Crippen molar-refractivity contribution in [3.63, 3.8) is 0 Å². The summed E-state index contributed by atoms with van der Waals surface area (Å²) in [4.78, 5) is 27.5. The molecule has 6 heteroatoms. The second-order valence-electron chi connectivity index (χ2n) is 6.06. The molecule has 4 aromatic rings. The van der Waals surface area contributed by atoms with E-state index in [0.717, 1.165) is 10.9 Å². The van der Waals surface area contributed by atoms with Crippen molar-refractivity contribution in [2.45, 2.75) is 6.42 Å². The Bertz CT molecular complexity index is 1220. The van der Waals surface area contributed by atoms with Crippen molar-refractivity contribution in [3.8, 4) is 0 Å². The third-order valence-corrected chi connectivity index (χ3v) is 4.24. The molecular formula is C21H13N3O3. The highest BCUT2D eigenvalue weighted by atomic mass is 16.3. The molecule has 0 aliphatic rings. The number of aromatic amines is 1. The minimum Gasteiger partial charge on any atom is -0.464 e. The van der Waals surface area contributed by atoms with Crippen molar-refractivity contribution in [3.05, 3.63) is 105 Å². The highest BCUT2D eigenvalue weighted by molar-refractivity contribution is 6.15. The van der Waals surface area contributed by atoms with E-state index in [4.69, 9.17) is 11.0 Å². The molecule has 1 N–H and O–H groups in total. The maximum Gasteiger partial charge on any atom is 0.264 e. The quantitative estimate of drug-likeness (QED) is 0.445. The summed E-state index contributed by atoms with van der Waals surface area (Å²) in [6.45, 7) is 7.02. The number of hydrogen-bond acceptors (Lipinski definition) is 4. The number of nitrogens with zero attached hydrogens (tertiary/aromatic N) is 2. The van der Waals surface area contributed by atoms with E-state index < -0.39 is 0 Å². The van der Waals surface area contributed by atoms with Crippen LogP contribution in [0.15, 0.2) is 70.1 Å². The molecular weight excluding hydrogens is 342 g/mol. The van der Waals surface area contributed by atoms with E-state index in [1.807, 2.05) is 6.07 Å². The van der Waals surface area contributed by atoms with Crippen LogP contribution in [0.2, 0.25) is 0 Å². The van der Waals surface area contributed by atoms with E-state index in [9.17, 15) is 9.59 Å². The summed E-state index contributed by atoms with van der Waals surface area (Å²) in [5.74, 6) is -0.178. The monoisotopic (exact) mass is 355 g/mol. The van der Waals surface area contributed by atoms with Gasteiger partial charge >= 0.3 is 0 Å². The summed E-state index contributed by atoms with van der Waals surface area (Å²) >= 11 is 0. The molecule has 2 aromatic heterocycles. The molecule has 0 radical (unpaired) electrons. The first-order chi connectivity index (χ1) is 13.1. The van der Waals surface area contributed by atoms with Crippen LogP contribution in [-0.4, -0.2) is 16.0 Å². The highest BCUT2D eigenvalue weighted by Crippen LogP contribution is 2.26. The van der Waals surface area contributed by atoms with Crippen LogP contribution in [0.4, 0.5) is 5.69 Å². The van der Waals surface area contributed by atoms with Gasteiger partial charge in [0.25, 0.3) is 5.56 Å². The minimum atomic E-state index is -0.261. The van der Waals surface area contributed by atoms with Gasteiger partial charge in [-0.25, -0.2) is 9.94 Å². The molecule has 2 aromatic carbocycles. The number of H-pyrrole nitrogens is 1. The van der Waals surface area contributed by atoms with E-state index >= 15 is 0 Å². The number of ketones is 1. The fourth-order valence-electron chi connectivity index (χ4n) is 2.94. The molecule has 0 fully saturated rings. The standard InChI is InChI=1S/C21H13N3O3/c1-22-16-4-2-14(3-5-16)20(26)18-12-13(10-15-8-9-27-21(15)18)11-17-6-7-19(25)24-23-17/h2-10,12H,11H2,(H,24,25). The van der Waals surface area contributed by atoms with Gasteiger partial charge in [-0.3, -0.25) is 9.59 Å². The number of hydrogen-bond donors (Lipinski definition) is 1. The third kappa shape index (κ3) is 3.26. The second-order valence-corrected chi connectivity index (χ2v) is 6.06. The zero-order chi connectivity index (χ0) is 18.8. The van der Waals surface area contributed by atoms with Crippen LogP contribution < -0.4 is 5.56 Å². The molecule has 4 rings (SSSR count). The fourth-order valence-corrected chi connectivity index (χ4v) is 2.94. The van der Waals surface area contributed by atoms with Crippen LogP contribution in [0.25, 0.3) is 15.8 Å². The van der Waals surface area contributed by atoms with E-state index in [0.29, 0.717) is 34.5 Å². The van der Waals surface area contributed by atoms with Crippen molar-refractivity contribution in [1.82, 2.24) is 10.2 Å². The maximum atomic E-state index is 13.0. The molecule has 0 saturated carbocycles. The molecule has 6 nitrogen and oxygen atoms in total. The number of rotatable bonds is 4. The largest absolute Gasteiger partial charge is 0.464 e. The first kappa shape index (κ1) is 16.5. The number of benzene rings is 2. The summed E-state index contributed by atoms with van der Waals surface area (Å²) in [5, 5.41) is 7.25. The van der Waals surface area contributed by atoms with Crippen molar-refractivity contribution in [2.24, 2.45) is 0 Å². The van der Waals surface area contributed by atoms with Gasteiger partial charge in [-0.05, 0) is 29.8 Å². The molecule has 0 bridgehead atoms. The van der Waals surface area contributed by atoms with Gasteiger partial charge < -0.3 is 4.42 Å². The van der Waals surface area contributed by atoms with Crippen molar-refractivity contribution >= 4 is 22.4 Å². The second kappa shape index (κ2) is 6.73. The van der Waals surface area contributed by atoms with Crippen molar-refractivity contribution in [1.29, 1.82) is 0 Å². The summed E-state index contributed by atoms with van der Waals surface area (Å²) in [5.41, 5.74) is 3.25. The zero-order valence-electron chi connectivity index (χ0n) is 14.1. The molecule has 130 valence electrons. The SMILES string of the molecule is [C-]#[N+]c1ccc(C(=O)c2cc(Cc3ccc(=O)[nH]n3)cc3ccoc23)cc1. The average molecular weight is 355 g/mol. The molecule has 27 heavy (non-hydrogen) atoms. The Kier molecular flexibility index (Phi) is 4.11. The molecule has 0 saturated heterocycles. The zero-order valence-corrected chi connectivity index (χ0v) is 14.1. The molecule has 0 amide bonds. The number of nitrogens with one attached hydrogen (secondary N) is 1. The molecule has 0 unspecified atom stereocenters. The van der Waals surface area contributed by atoms with Crippen LogP contribution in [0.5, 0.6) is 0 Å². The molecule has 0 spiro atoms. The summed E-state index contributed by atoms with van der Waals surface area (Å²) in [6, 6.07) is 15.1. The Hall–Kier alpha value is -3.98. The van der Waals surface area contributed by atoms with Crippen LogP contribution in [-0.2, 0) is 6.42 Å². The molecule has 2 heterocycles. The van der Waals surface area contributed by atoms with Gasteiger partial charge in [0.1, 0.15) is 5.58 Å². The van der Waals surface area contributed by atoms with Gasteiger partial charge in [0.15, 0.2) is 11.5 Å². The number of fused-ring (bicyclic) bond motifs is 1. The lowest BCUT2D eigenvalue weighted by atomic mass is 9.97. The van der Waals surface area contributed by atoms with Gasteiger partial charge in [0.05, 0.1) is 24.1 Å². The summed E-state index contributed by atoms with van der Waals surface area (Å²) < 4.78 is 5.53. The topological polar surface area (TPSA) is 80.3 Å². The number of aromatic nitrogens is 2. The van der Waals surface area contributed by atoms with Crippen LogP contribution in [0.1, 0.15) is 27.2 Å². The lowest BCUT2D eigenvalue weighted by Crippen LogP contribution is -2.08. The summed E-state index contributed by atoms with van der Waals surface area (Å²) in [6.07, 6.45) is 2.01. The van der Waals surface area contributed by atoms with E-state index in [2.05, 4.69) is 15.0 Å². The van der Waals surface area contributed by atoms with Gasteiger partial charge in [-0.2, -0.15) is 5.10 Å². The van der Waals surface area contributed by atoms with Crippen molar-refractivity contribution < 1.29 is 9.21 Å². The Morgan fingerprint density at radius 2 is 1.93 bits per heavy atom. The first-order valence-electron chi connectivity index (χ1n) is 8.21. The normalized spacial score (nSPS) is 10.6. The first-order valence-corrected chi connectivity index (χ1v) is 8.21. The van der Waals surface area contributed by atoms with E-state index in [1.165, 1.54) is 6.07 Å². The Morgan fingerprint density at radius 1 is 1.11 bits per heavy atom. The van der Waals surface area contributed by atoms with Crippen LogP contribution in [0, 0.1) is 6.57 Å². The third-order valence-electron chi connectivity index (χ3n) is 4.24. The Balaban J connectivity index is 1.75. The minimum absolute atomic E-state index is 0.178. The predicted molar refractivity (Wildman–Crippen MR) is 100 cm³/mol. The Labute approximate surface area is 153 Å². The highest BCUT2D eigenvalue weighted by Gasteiger charge is 2.17. The summed E-state index contributed by atoms with van der Waals surface area (Å²) in [7, 11) is 0. The molecule has 0 aliphatic carbocycles. The van der Waals surface area contributed by atoms with Crippen molar-refractivity contribution in [2.75, 3.05) is 0 Å². The fraction of sp³-hybridized carbons (Fsp3) is 0.0476. The van der Waals surface area contributed by atoms with Gasteiger partial charge in [0.2, 0.25) is 0 Å². The van der Waals surface area contributed by atoms with Crippen LogP contribution >= 0.6 is 0 Å². The van der Waals surface area contributed by atoms with Gasteiger partial charge in [0, 0.05) is 23.4 Å². The lowest BCUT2D eigenvalue weighted by molar-refractivity contribution is 0.103. The average Bonchev–Trinajstić information content (AvgIpc) is 3.17. The number of carbonyl (C=O) groups is 1. The number of furan rings is 1. The molecule has 0 aliphatic heterocycles. The van der Waals surface area contributed by atoms with E-state index in [-0.39, 0.29) is 11.3 Å². The predicted octanol–water partition coefficient (Wildman–Crippen LogP) is 3.89. The maximum absolute atomic E-state index is 13.0. The Morgan fingerprint density at radius 3 is 2.63 bits per heavy atom. The molecule has 0 atom stereocenters. The van der Waals surface area contributed by atoms with Gasteiger partial charge in [-0.1, -0.05) is 24.3 Å². The van der Waals surface area contributed by atoms with Gasteiger partial charge in [-0.15, -0.1) is 0 Å².